The maximum Gasteiger partial charge on any atom is 0.284 e. The van der Waals surface area contributed by atoms with Gasteiger partial charge in [0.05, 0.1) is 0 Å². The number of nitrogens with zero attached hydrogens (tertiary/aromatic N) is 2. The predicted molar refractivity (Wildman–Crippen MR) is 101 cm³/mol. The minimum Gasteiger partial charge on any atom is -0.375 e. The molecule has 2 aromatic carbocycles. The number of nitrogens with two attached hydrogens (primary N) is 1. The van der Waals surface area contributed by atoms with E-state index in [1.54, 1.807) is 24.3 Å². The highest BCUT2D eigenvalue weighted by atomic mass is 35.5. The normalized spacial score (nSPS) is 15.8. The third-order valence-corrected chi connectivity index (χ3v) is 4.11. The number of rotatable bonds is 2. The van der Waals surface area contributed by atoms with Gasteiger partial charge in [-0.15, -0.1) is 0 Å². The van der Waals surface area contributed by atoms with E-state index < -0.39 is 5.91 Å². The van der Waals surface area contributed by atoms with E-state index in [0.29, 0.717) is 21.4 Å². The highest BCUT2D eigenvalue weighted by molar-refractivity contribution is 7.80. The van der Waals surface area contributed by atoms with Crippen LogP contribution >= 0.6 is 35.4 Å². The van der Waals surface area contributed by atoms with Gasteiger partial charge in [0.1, 0.15) is 11.5 Å². The van der Waals surface area contributed by atoms with Gasteiger partial charge in [0.15, 0.2) is 5.11 Å². The smallest absolute Gasteiger partial charge is 0.284 e. The first kappa shape index (κ1) is 16.6. The Morgan fingerprint density at radius 3 is 2.50 bits per heavy atom. The molecule has 1 heterocycles. The number of aliphatic imine (C=N–C) groups is 1. The van der Waals surface area contributed by atoms with Crippen LogP contribution < -0.4 is 5.73 Å². The number of hydrogen-bond donors (Lipinski definition) is 1. The molecule has 0 bridgehead atoms. The average molecular weight is 376 g/mol. The number of carbonyl (C=O) groups is 1. The second kappa shape index (κ2) is 6.73. The van der Waals surface area contributed by atoms with E-state index in [0.717, 1.165) is 5.56 Å². The fraction of sp³-hybridized carbons (Fsp3) is 0. The van der Waals surface area contributed by atoms with Crippen molar-refractivity contribution in [1.82, 2.24) is 4.90 Å². The van der Waals surface area contributed by atoms with Crippen LogP contribution in [0.4, 0.5) is 0 Å². The van der Waals surface area contributed by atoms with Crippen molar-refractivity contribution in [2.75, 3.05) is 0 Å². The molecule has 0 saturated heterocycles. The van der Waals surface area contributed by atoms with Gasteiger partial charge in [-0.1, -0.05) is 59.6 Å². The van der Waals surface area contributed by atoms with E-state index in [9.17, 15) is 4.79 Å². The summed E-state index contributed by atoms with van der Waals surface area (Å²) in [6.45, 7) is 0. The van der Waals surface area contributed by atoms with E-state index in [4.69, 9.17) is 41.2 Å². The van der Waals surface area contributed by atoms with Crippen molar-refractivity contribution < 1.29 is 4.79 Å². The lowest BCUT2D eigenvalue weighted by Gasteiger charge is -2.15. The Balaban J connectivity index is 2.09. The Morgan fingerprint density at radius 2 is 1.88 bits per heavy atom. The quantitative estimate of drug-likeness (QED) is 0.640. The van der Waals surface area contributed by atoms with Crippen molar-refractivity contribution in [2.24, 2.45) is 10.7 Å². The fourth-order valence-electron chi connectivity index (χ4n) is 2.27. The summed E-state index contributed by atoms with van der Waals surface area (Å²) in [5.74, 6) is -0.00296. The van der Waals surface area contributed by atoms with Crippen LogP contribution in [0.3, 0.4) is 0 Å². The first-order valence-corrected chi connectivity index (χ1v) is 8.08. The molecule has 1 amide bonds. The van der Waals surface area contributed by atoms with Crippen LogP contribution in [0.5, 0.6) is 0 Å². The summed E-state index contributed by atoms with van der Waals surface area (Å²) in [4.78, 5) is 18.2. The molecule has 24 heavy (non-hydrogen) atoms. The van der Waals surface area contributed by atoms with Crippen molar-refractivity contribution in [1.29, 1.82) is 0 Å². The first-order valence-electron chi connectivity index (χ1n) is 6.92. The number of thiocarbonyl (C=S) groups is 1. The van der Waals surface area contributed by atoms with Crippen LogP contribution in [0.25, 0.3) is 6.08 Å². The lowest BCUT2D eigenvalue weighted by molar-refractivity contribution is -0.120. The Bertz CT molecular complexity index is 894. The highest BCUT2D eigenvalue weighted by Gasteiger charge is 2.33. The molecule has 0 aliphatic carbocycles. The summed E-state index contributed by atoms with van der Waals surface area (Å²) in [6.07, 6.45) is 1.59. The van der Waals surface area contributed by atoms with Gasteiger partial charge in [-0.05, 0) is 36.0 Å². The molecular formula is C17H11Cl2N3OS. The van der Waals surface area contributed by atoms with Gasteiger partial charge in [-0.25, -0.2) is 9.89 Å². The standard InChI is InChI=1S/C17H11Cl2N3OS/c18-12-7-6-11(13(19)9-12)8-14-16(23)22(17(20)24)15(21-14)10-4-2-1-3-5-10/h1-9H,(H2,20,24)/b14-8-. The highest BCUT2D eigenvalue weighted by Crippen LogP contribution is 2.26. The van der Waals surface area contributed by atoms with Crippen LogP contribution in [0.15, 0.2) is 59.2 Å². The zero-order chi connectivity index (χ0) is 17.3. The van der Waals surface area contributed by atoms with Gasteiger partial charge >= 0.3 is 0 Å². The largest absolute Gasteiger partial charge is 0.375 e. The van der Waals surface area contributed by atoms with Crippen LogP contribution in [0, 0.1) is 0 Å². The molecule has 7 heteroatoms. The number of carbonyl (C=O) groups excluding carboxylic acids is 1. The number of amides is 1. The van der Waals surface area contributed by atoms with E-state index in [-0.39, 0.29) is 10.8 Å². The molecule has 1 aliphatic heterocycles. The number of benzene rings is 2. The summed E-state index contributed by atoms with van der Waals surface area (Å²) in [7, 11) is 0. The second-order valence-corrected chi connectivity index (χ2v) is 6.24. The van der Waals surface area contributed by atoms with Gasteiger partial charge in [0.25, 0.3) is 5.91 Å². The molecule has 2 aromatic rings. The molecule has 0 aromatic heterocycles. The molecule has 0 unspecified atom stereocenters. The molecule has 0 radical (unpaired) electrons. The zero-order valence-corrected chi connectivity index (χ0v) is 14.6. The molecule has 120 valence electrons. The van der Waals surface area contributed by atoms with Gasteiger partial charge in [-0.3, -0.25) is 4.79 Å². The van der Waals surface area contributed by atoms with Crippen molar-refractivity contribution in [3.8, 4) is 0 Å². The third-order valence-electron chi connectivity index (χ3n) is 3.37. The summed E-state index contributed by atoms with van der Waals surface area (Å²) in [5, 5.41) is 0.874. The SMILES string of the molecule is NC(=S)N1C(=O)/C(=C/c2ccc(Cl)cc2Cl)N=C1c1ccccc1. The maximum atomic E-state index is 12.6. The minimum absolute atomic E-state index is 0.0618. The van der Waals surface area contributed by atoms with Gasteiger partial charge in [0, 0.05) is 15.6 Å². The predicted octanol–water partition coefficient (Wildman–Crippen LogP) is 3.87. The second-order valence-electron chi connectivity index (χ2n) is 4.98. The summed E-state index contributed by atoms with van der Waals surface area (Å²) in [5.41, 5.74) is 7.28. The Kier molecular flexibility index (Phi) is 4.66. The van der Waals surface area contributed by atoms with E-state index in [1.807, 2.05) is 30.3 Å². The summed E-state index contributed by atoms with van der Waals surface area (Å²) >= 11 is 17.0. The van der Waals surface area contributed by atoms with Gasteiger partial charge in [0.2, 0.25) is 0 Å². The van der Waals surface area contributed by atoms with Crippen LogP contribution in [-0.2, 0) is 4.79 Å². The van der Waals surface area contributed by atoms with E-state index >= 15 is 0 Å². The van der Waals surface area contributed by atoms with Crippen molar-refractivity contribution in [3.05, 3.63) is 75.4 Å². The molecule has 0 spiro atoms. The molecule has 0 fully saturated rings. The first-order chi connectivity index (χ1) is 11.5. The molecule has 0 atom stereocenters. The molecule has 0 saturated carbocycles. The zero-order valence-electron chi connectivity index (χ0n) is 12.2. The molecule has 3 rings (SSSR count). The van der Waals surface area contributed by atoms with Gasteiger partial charge < -0.3 is 5.73 Å². The monoisotopic (exact) mass is 375 g/mol. The number of halogens is 2. The minimum atomic E-state index is -0.396. The Hall–Kier alpha value is -2.21. The van der Waals surface area contributed by atoms with E-state index in [1.165, 1.54) is 4.90 Å². The maximum absolute atomic E-state index is 12.6. The lowest BCUT2D eigenvalue weighted by atomic mass is 10.2. The van der Waals surface area contributed by atoms with E-state index in [2.05, 4.69) is 4.99 Å². The molecule has 2 N–H and O–H groups in total. The summed E-state index contributed by atoms with van der Waals surface area (Å²) in [6, 6.07) is 14.2. The number of amidine groups is 1. The van der Waals surface area contributed by atoms with Gasteiger partial charge in [-0.2, -0.15) is 0 Å². The number of hydrogen-bond acceptors (Lipinski definition) is 3. The van der Waals surface area contributed by atoms with Crippen LogP contribution in [0.1, 0.15) is 11.1 Å². The molecule has 4 nitrogen and oxygen atoms in total. The Morgan fingerprint density at radius 1 is 1.17 bits per heavy atom. The Labute approximate surface area is 154 Å². The van der Waals surface area contributed by atoms with Crippen molar-refractivity contribution >= 4 is 58.4 Å². The molecule has 1 aliphatic rings. The topological polar surface area (TPSA) is 58.7 Å². The molecular weight excluding hydrogens is 365 g/mol. The van der Waals surface area contributed by atoms with Crippen molar-refractivity contribution in [3.63, 3.8) is 0 Å². The lowest BCUT2D eigenvalue weighted by Crippen LogP contribution is -2.41. The third kappa shape index (κ3) is 3.19. The van der Waals surface area contributed by atoms with Crippen LogP contribution in [0.2, 0.25) is 10.0 Å². The van der Waals surface area contributed by atoms with Crippen LogP contribution in [-0.4, -0.2) is 21.8 Å². The summed E-state index contributed by atoms with van der Waals surface area (Å²) < 4.78 is 0. The fourth-order valence-corrected chi connectivity index (χ4v) is 2.90. The average Bonchev–Trinajstić information content (AvgIpc) is 2.88. The van der Waals surface area contributed by atoms with Crippen molar-refractivity contribution in [2.45, 2.75) is 0 Å².